The minimum absolute atomic E-state index is 0.0408. The number of benzene rings is 2. The molecule has 0 saturated carbocycles. The Morgan fingerprint density at radius 2 is 1.71 bits per heavy atom. The van der Waals surface area contributed by atoms with E-state index in [2.05, 4.69) is 10.1 Å². The Labute approximate surface area is 202 Å². The maximum atomic E-state index is 13.7. The molecule has 3 N–H and O–H groups in total. The average Bonchev–Trinajstić information content (AvgIpc) is 3.28. The number of hydrogen-bond acceptors (Lipinski definition) is 5. The molecule has 180 valence electrons. The fraction of sp³-hybridized carbons (Fsp3) is 0.231. The van der Waals surface area contributed by atoms with E-state index in [1.54, 1.807) is 10.9 Å². The molecule has 0 aliphatic heterocycles. The van der Waals surface area contributed by atoms with E-state index in [0.717, 1.165) is 17.5 Å². The van der Waals surface area contributed by atoms with Gasteiger partial charge in [-0.05, 0) is 12.0 Å². The summed E-state index contributed by atoms with van der Waals surface area (Å²) in [6.45, 7) is 2.81. The number of anilines is 2. The summed E-state index contributed by atoms with van der Waals surface area (Å²) in [5, 5.41) is 4.69. The Morgan fingerprint density at radius 3 is 2.37 bits per heavy atom. The Morgan fingerprint density at radius 1 is 1.06 bits per heavy atom. The number of hydrogen-bond donors (Lipinski definition) is 2. The fourth-order valence-electron chi connectivity index (χ4n) is 3.96. The van der Waals surface area contributed by atoms with Crippen LogP contribution in [0.1, 0.15) is 35.7 Å². The van der Waals surface area contributed by atoms with Gasteiger partial charge in [0.15, 0.2) is 5.69 Å². The molecule has 0 atom stereocenters. The lowest BCUT2D eigenvalue weighted by molar-refractivity contribution is 0.0993. The second-order valence-electron chi connectivity index (χ2n) is 8.30. The van der Waals surface area contributed by atoms with Gasteiger partial charge in [0.25, 0.3) is 11.5 Å². The molecule has 2 heterocycles. The standard InChI is InChI=1S/C26H28N6O3/c1-3-4-15-32-23(27)22(24(33)28-26(32)35)30(2)25(34)20-17-31(16-18-11-7-5-8-12-18)29-21(20)19-13-9-6-10-14-19/h5-14,17H,3-4,15-16,27H2,1-2H3,(H,28,33,35). The van der Waals surface area contributed by atoms with E-state index < -0.39 is 17.2 Å². The summed E-state index contributed by atoms with van der Waals surface area (Å²) in [5.74, 6) is -0.498. The normalized spacial score (nSPS) is 10.9. The topological polar surface area (TPSA) is 119 Å². The van der Waals surface area contributed by atoms with Crippen molar-refractivity contribution in [2.75, 3.05) is 17.7 Å². The Balaban J connectivity index is 1.77. The molecule has 9 nitrogen and oxygen atoms in total. The van der Waals surface area contributed by atoms with E-state index in [0.29, 0.717) is 30.8 Å². The number of rotatable bonds is 8. The molecule has 0 fully saturated rings. The van der Waals surface area contributed by atoms with Crippen LogP contribution in [0.5, 0.6) is 0 Å². The lowest BCUT2D eigenvalue weighted by Crippen LogP contribution is -2.39. The van der Waals surface area contributed by atoms with Gasteiger partial charge in [0.2, 0.25) is 0 Å². The maximum Gasteiger partial charge on any atom is 0.330 e. The monoisotopic (exact) mass is 472 g/mol. The first-order valence-corrected chi connectivity index (χ1v) is 11.5. The molecular formula is C26H28N6O3. The highest BCUT2D eigenvalue weighted by Crippen LogP contribution is 2.26. The predicted octanol–water partition coefficient (Wildman–Crippen LogP) is 3.11. The van der Waals surface area contributed by atoms with Gasteiger partial charge in [-0.2, -0.15) is 5.10 Å². The van der Waals surface area contributed by atoms with Gasteiger partial charge in [-0.15, -0.1) is 0 Å². The first-order chi connectivity index (χ1) is 16.9. The molecule has 4 rings (SSSR count). The zero-order chi connectivity index (χ0) is 24.9. The van der Waals surface area contributed by atoms with Crippen molar-refractivity contribution in [2.45, 2.75) is 32.9 Å². The largest absolute Gasteiger partial charge is 0.383 e. The van der Waals surface area contributed by atoms with Gasteiger partial charge in [0, 0.05) is 25.4 Å². The summed E-state index contributed by atoms with van der Waals surface area (Å²) >= 11 is 0. The quantitative estimate of drug-likeness (QED) is 0.408. The van der Waals surface area contributed by atoms with Crippen LogP contribution in [-0.2, 0) is 13.1 Å². The third-order valence-electron chi connectivity index (χ3n) is 5.82. The molecule has 0 aliphatic carbocycles. The highest BCUT2D eigenvalue weighted by Gasteiger charge is 2.26. The lowest BCUT2D eigenvalue weighted by Gasteiger charge is -2.20. The average molecular weight is 473 g/mol. The molecule has 4 aromatic rings. The highest BCUT2D eigenvalue weighted by atomic mass is 16.2. The van der Waals surface area contributed by atoms with Crippen LogP contribution in [-0.4, -0.2) is 32.3 Å². The van der Waals surface area contributed by atoms with Crippen LogP contribution in [0.4, 0.5) is 11.5 Å². The molecule has 0 bridgehead atoms. The highest BCUT2D eigenvalue weighted by molar-refractivity contribution is 6.10. The Hall–Kier alpha value is -4.40. The minimum atomic E-state index is -0.714. The van der Waals surface area contributed by atoms with Crippen molar-refractivity contribution in [2.24, 2.45) is 0 Å². The third kappa shape index (κ3) is 4.93. The predicted molar refractivity (Wildman–Crippen MR) is 137 cm³/mol. The van der Waals surface area contributed by atoms with Crippen molar-refractivity contribution < 1.29 is 4.79 Å². The number of carbonyl (C=O) groups excluding carboxylic acids is 1. The van der Waals surface area contributed by atoms with E-state index in [1.807, 2.05) is 67.6 Å². The molecule has 0 spiro atoms. The molecule has 0 saturated heterocycles. The zero-order valence-electron chi connectivity index (χ0n) is 19.8. The van der Waals surface area contributed by atoms with Crippen molar-refractivity contribution >= 4 is 17.4 Å². The van der Waals surface area contributed by atoms with Gasteiger partial charge >= 0.3 is 5.69 Å². The van der Waals surface area contributed by atoms with Gasteiger partial charge in [-0.1, -0.05) is 74.0 Å². The summed E-state index contributed by atoms with van der Waals surface area (Å²) in [4.78, 5) is 42.2. The summed E-state index contributed by atoms with van der Waals surface area (Å²) in [6.07, 6.45) is 3.22. The van der Waals surface area contributed by atoms with Crippen LogP contribution in [0.2, 0.25) is 0 Å². The number of unbranched alkanes of at least 4 members (excludes halogenated alkanes) is 1. The first-order valence-electron chi connectivity index (χ1n) is 11.5. The van der Waals surface area contributed by atoms with Crippen LogP contribution >= 0.6 is 0 Å². The van der Waals surface area contributed by atoms with Crippen LogP contribution in [0, 0.1) is 0 Å². The number of aromatic nitrogens is 4. The van der Waals surface area contributed by atoms with E-state index in [1.165, 1.54) is 16.5 Å². The van der Waals surface area contributed by atoms with Crippen molar-refractivity contribution in [1.82, 2.24) is 19.3 Å². The van der Waals surface area contributed by atoms with Gasteiger partial charge in [0.05, 0.1) is 12.1 Å². The summed E-state index contributed by atoms with van der Waals surface area (Å²) in [5.41, 5.74) is 7.47. The van der Waals surface area contributed by atoms with Crippen LogP contribution in [0.15, 0.2) is 76.4 Å². The van der Waals surface area contributed by atoms with Crippen molar-refractivity contribution in [1.29, 1.82) is 0 Å². The second-order valence-corrected chi connectivity index (χ2v) is 8.30. The van der Waals surface area contributed by atoms with Crippen LogP contribution < -0.4 is 21.9 Å². The lowest BCUT2D eigenvalue weighted by atomic mass is 10.1. The van der Waals surface area contributed by atoms with E-state index in [9.17, 15) is 14.4 Å². The summed E-state index contributed by atoms with van der Waals surface area (Å²) in [7, 11) is 1.47. The van der Waals surface area contributed by atoms with Gasteiger partial charge in [0.1, 0.15) is 11.5 Å². The van der Waals surface area contributed by atoms with Crippen molar-refractivity contribution in [3.8, 4) is 11.3 Å². The first kappa shape index (κ1) is 23.7. The number of aromatic amines is 1. The number of amides is 1. The third-order valence-corrected chi connectivity index (χ3v) is 5.82. The zero-order valence-corrected chi connectivity index (χ0v) is 19.8. The number of carbonyl (C=O) groups is 1. The van der Waals surface area contributed by atoms with Crippen molar-refractivity contribution in [3.63, 3.8) is 0 Å². The number of nitrogen functional groups attached to an aromatic ring is 1. The van der Waals surface area contributed by atoms with E-state index in [4.69, 9.17) is 5.73 Å². The Bertz CT molecular complexity index is 1440. The minimum Gasteiger partial charge on any atom is -0.383 e. The fourth-order valence-corrected chi connectivity index (χ4v) is 3.96. The van der Waals surface area contributed by atoms with E-state index in [-0.39, 0.29) is 11.5 Å². The molecule has 35 heavy (non-hydrogen) atoms. The van der Waals surface area contributed by atoms with Gasteiger partial charge in [-0.25, -0.2) is 4.79 Å². The van der Waals surface area contributed by atoms with Crippen LogP contribution in [0.3, 0.4) is 0 Å². The number of H-pyrrole nitrogens is 1. The number of nitrogens with zero attached hydrogens (tertiary/aromatic N) is 4. The van der Waals surface area contributed by atoms with Crippen LogP contribution in [0.25, 0.3) is 11.3 Å². The van der Waals surface area contributed by atoms with Crippen molar-refractivity contribution in [3.05, 3.63) is 98.8 Å². The number of nitrogens with two attached hydrogens (primary N) is 1. The smallest absolute Gasteiger partial charge is 0.330 e. The molecule has 0 aliphatic rings. The van der Waals surface area contributed by atoms with Gasteiger partial charge < -0.3 is 10.6 Å². The Kier molecular flexibility index (Phi) is 6.96. The molecule has 0 unspecified atom stereocenters. The molecule has 0 radical (unpaired) electrons. The molecule has 2 aromatic heterocycles. The maximum absolute atomic E-state index is 13.7. The molecular weight excluding hydrogens is 444 g/mol. The SMILES string of the molecule is CCCCn1c(N)c(N(C)C(=O)c2cn(Cc3ccccc3)nc2-c2ccccc2)c(=O)[nH]c1=O. The number of nitrogens with one attached hydrogen (secondary N) is 1. The van der Waals surface area contributed by atoms with E-state index >= 15 is 0 Å². The molecule has 1 amide bonds. The van der Waals surface area contributed by atoms with Gasteiger partial charge in [-0.3, -0.25) is 23.8 Å². The molecule has 9 heteroatoms. The summed E-state index contributed by atoms with van der Waals surface area (Å²) in [6, 6.07) is 19.2. The second kappa shape index (κ2) is 10.3. The summed E-state index contributed by atoms with van der Waals surface area (Å²) < 4.78 is 3.00. The molecule has 2 aromatic carbocycles.